The Bertz CT molecular complexity index is 825. The van der Waals surface area contributed by atoms with Gasteiger partial charge in [0.15, 0.2) is 5.72 Å². The highest BCUT2D eigenvalue weighted by molar-refractivity contribution is 5.99. The van der Waals surface area contributed by atoms with Gasteiger partial charge in [0.25, 0.3) is 0 Å². The maximum Gasteiger partial charge on any atom is 0.202 e. The Hall–Kier alpha value is -1.71. The Balaban J connectivity index is 1.44. The Labute approximate surface area is 148 Å². The zero-order valence-electron chi connectivity index (χ0n) is 14.3. The third-order valence-electron chi connectivity index (χ3n) is 7.19. The summed E-state index contributed by atoms with van der Waals surface area (Å²) in [7, 11) is 0. The first-order valence-electron chi connectivity index (χ1n) is 9.71. The van der Waals surface area contributed by atoms with Gasteiger partial charge in [0.05, 0.1) is 12.1 Å². The number of allylic oxidation sites excluding steroid dienone is 3. The summed E-state index contributed by atoms with van der Waals surface area (Å²) in [5, 5.41) is 3.71. The number of nitrogens with one attached hydrogen (secondary N) is 1. The van der Waals surface area contributed by atoms with E-state index in [9.17, 15) is 4.79 Å². The summed E-state index contributed by atoms with van der Waals surface area (Å²) in [6.45, 7) is 0. The average molecular weight is 333 g/mol. The number of carbonyl (C=O) groups is 1. The lowest BCUT2D eigenvalue weighted by atomic mass is 9.59. The molecule has 1 saturated carbocycles. The van der Waals surface area contributed by atoms with Crippen molar-refractivity contribution in [2.24, 2.45) is 17.8 Å². The second-order valence-corrected chi connectivity index (χ2v) is 8.35. The highest BCUT2D eigenvalue weighted by Crippen LogP contribution is 2.55. The third kappa shape index (κ3) is 1.81. The maximum atomic E-state index is 13.2. The van der Waals surface area contributed by atoms with Gasteiger partial charge in [0, 0.05) is 12.3 Å². The van der Waals surface area contributed by atoms with E-state index >= 15 is 0 Å². The number of hydrogen-bond acceptors (Lipinski definition) is 3. The summed E-state index contributed by atoms with van der Waals surface area (Å²) in [6, 6.07) is 8.72. The number of ether oxygens (including phenoxy) is 1. The van der Waals surface area contributed by atoms with Crippen LogP contribution in [-0.2, 0) is 16.0 Å². The number of benzene rings is 1. The second-order valence-electron chi connectivity index (χ2n) is 8.35. The molecule has 1 N–H and O–H groups in total. The molecule has 128 valence electrons. The van der Waals surface area contributed by atoms with Crippen LogP contribution in [0.15, 0.2) is 48.1 Å². The van der Waals surface area contributed by atoms with E-state index in [1.807, 2.05) is 6.08 Å². The van der Waals surface area contributed by atoms with Crippen LogP contribution in [0, 0.1) is 17.8 Å². The monoisotopic (exact) mass is 333 g/mol. The Morgan fingerprint density at radius 3 is 3.12 bits per heavy atom. The summed E-state index contributed by atoms with van der Waals surface area (Å²) in [5.41, 5.74) is 3.25. The van der Waals surface area contributed by atoms with Crippen molar-refractivity contribution in [1.82, 2.24) is 5.32 Å². The first kappa shape index (κ1) is 14.5. The van der Waals surface area contributed by atoms with Gasteiger partial charge < -0.3 is 4.74 Å². The molecular formula is C22H23NO2. The molecule has 6 atom stereocenters. The van der Waals surface area contributed by atoms with E-state index in [0.717, 1.165) is 19.3 Å². The van der Waals surface area contributed by atoms with E-state index in [1.54, 1.807) is 0 Å². The molecule has 1 spiro atoms. The molecule has 1 heterocycles. The number of hydrogen-bond donors (Lipinski definition) is 1. The Kier molecular flexibility index (Phi) is 2.85. The van der Waals surface area contributed by atoms with Crippen LogP contribution < -0.4 is 5.32 Å². The van der Waals surface area contributed by atoms with E-state index in [-0.39, 0.29) is 23.8 Å². The van der Waals surface area contributed by atoms with Crippen LogP contribution in [-0.4, -0.2) is 17.6 Å². The SMILES string of the molecule is O=C1C=C2CCC[C@H]3C=CC[C@H]([C@@H]23)[C@@]12N[C@@H]1c3ccccc3C[C@@H]1O2. The van der Waals surface area contributed by atoms with Crippen molar-refractivity contribution in [2.75, 3.05) is 0 Å². The van der Waals surface area contributed by atoms with E-state index in [1.165, 1.54) is 29.5 Å². The summed E-state index contributed by atoms with van der Waals surface area (Å²) in [4.78, 5) is 13.2. The fourth-order valence-corrected chi connectivity index (χ4v) is 6.19. The molecule has 0 bridgehead atoms. The van der Waals surface area contributed by atoms with Crippen molar-refractivity contribution in [1.29, 1.82) is 0 Å². The minimum absolute atomic E-state index is 0.0873. The molecule has 0 radical (unpaired) electrons. The van der Waals surface area contributed by atoms with Gasteiger partial charge in [-0.05, 0) is 54.7 Å². The van der Waals surface area contributed by atoms with E-state index in [4.69, 9.17) is 4.74 Å². The zero-order chi connectivity index (χ0) is 16.6. The molecular weight excluding hydrogens is 310 g/mol. The number of rotatable bonds is 0. The summed E-state index contributed by atoms with van der Waals surface area (Å²) >= 11 is 0. The second kappa shape index (κ2) is 4.93. The smallest absolute Gasteiger partial charge is 0.202 e. The molecule has 1 aromatic carbocycles. The highest BCUT2D eigenvalue weighted by Gasteiger charge is 2.61. The van der Waals surface area contributed by atoms with E-state index < -0.39 is 5.72 Å². The molecule has 0 amide bonds. The lowest BCUT2D eigenvalue weighted by Gasteiger charge is -2.49. The van der Waals surface area contributed by atoms with Gasteiger partial charge in [-0.2, -0.15) is 0 Å². The van der Waals surface area contributed by atoms with Crippen molar-refractivity contribution in [3.63, 3.8) is 0 Å². The number of carbonyl (C=O) groups excluding carboxylic acids is 1. The van der Waals surface area contributed by atoms with Crippen LogP contribution in [0.2, 0.25) is 0 Å². The molecule has 5 aliphatic rings. The summed E-state index contributed by atoms with van der Waals surface area (Å²) in [5.74, 6) is 1.47. The maximum absolute atomic E-state index is 13.2. The minimum Gasteiger partial charge on any atom is -0.347 e. The van der Waals surface area contributed by atoms with Gasteiger partial charge in [0.1, 0.15) is 0 Å². The van der Waals surface area contributed by atoms with Crippen LogP contribution in [0.4, 0.5) is 0 Å². The van der Waals surface area contributed by atoms with Crippen molar-refractivity contribution in [3.8, 4) is 0 Å². The molecule has 0 unspecified atom stereocenters. The lowest BCUT2D eigenvalue weighted by Crippen LogP contribution is -2.61. The number of ketones is 1. The molecule has 6 rings (SSSR count). The van der Waals surface area contributed by atoms with Gasteiger partial charge in [-0.15, -0.1) is 0 Å². The molecule has 4 aliphatic carbocycles. The lowest BCUT2D eigenvalue weighted by molar-refractivity contribution is -0.157. The topological polar surface area (TPSA) is 38.3 Å². The van der Waals surface area contributed by atoms with Gasteiger partial charge in [0.2, 0.25) is 5.78 Å². The van der Waals surface area contributed by atoms with Crippen molar-refractivity contribution < 1.29 is 9.53 Å². The van der Waals surface area contributed by atoms with Crippen molar-refractivity contribution in [2.45, 2.75) is 50.0 Å². The van der Waals surface area contributed by atoms with Gasteiger partial charge in [-0.25, -0.2) is 0 Å². The first-order valence-corrected chi connectivity index (χ1v) is 9.71. The fourth-order valence-electron chi connectivity index (χ4n) is 6.19. The third-order valence-corrected chi connectivity index (χ3v) is 7.19. The van der Waals surface area contributed by atoms with Gasteiger partial charge in [-0.1, -0.05) is 42.0 Å². The molecule has 1 saturated heterocycles. The molecule has 0 aromatic heterocycles. The van der Waals surface area contributed by atoms with E-state index in [0.29, 0.717) is 11.8 Å². The molecule has 3 heteroatoms. The number of fused-ring (bicyclic) bond motifs is 4. The van der Waals surface area contributed by atoms with Gasteiger partial charge >= 0.3 is 0 Å². The van der Waals surface area contributed by atoms with Gasteiger partial charge in [-0.3, -0.25) is 10.1 Å². The van der Waals surface area contributed by atoms with Crippen LogP contribution >= 0.6 is 0 Å². The van der Waals surface area contributed by atoms with Crippen molar-refractivity contribution >= 4 is 5.78 Å². The predicted octanol–water partition coefficient (Wildman–Crippen LogP) is 3.47. The largest absolute Gasteiger partial charge is 0.347 e. The Morgan fingerprint density at radius 2 is 2.16 bits per heavy atom. The zero-order valence-corrected chi connectivity index (χ0v) is 14.3. The van der Waals surface area contributed by atoms with Crippen LogP contribution in [0.1, 0.15) is 42.9 Å². The normalized spacial score (nSPS) is 43.6. The standard InChI is InChI=1S/C22H23NO2/c24-19-12-15-8-3-6-13-7-4-10-17(20(13)15)22(19)23-21-16-9-2-1-5-14(16)11-18(21)25-22/h1-2,4-5,7,9,12-13,17-18,20-21,23H,3,6,8,10-11H2/t13-,17+,18-,20+,21+,22-/m0/s1. The van der Waals surface area contributed by atoms with E-state index in [2.05, 4.69) is 41.7 Å². The molecule has 1 aromatic rings. The quantitative estimate of drug-likeness (QED) is 0.739. The van der Waals surface area contributed by atoms with Crippen LogP contribution in [0.25, 0.3) is 0 Å². The van der Waals surface area contributed by atoms with Crippen LogP contribution in [0.5, 0.6) is 0 Å². The summed E-state index contributed by atoms with van der Waals surface area (Å²) in [6.07, 6.45) is 12.1. The van der Waals surface area contributed by atoms with Crippen LogP contribution in [0.3, 0.4) is 0 Å². The summed E-state index contributed by atoms with van der Waals surface area (Å²) < 4.78 is 6.60. The Morgan fingerprint density at radius 1 is 1.24 bits per heavy atom. The molecule has 1 aliphatic heterocycles. The molecule has 2 fully saturated rings. The molecule has 3 nitrogen and oxygen atoms in total. The molecule has 25 heavy (non-hydrogen) atoms. The highest BCUT2D eigenvalue weighted by atomic mass is 16.5. The first-order chi connectivity index (χ1) is 12.3. The van der Waals surface area contributed by atoms with Crippen molar-refractivity contribution in [3.05, 3.63) is 59.2 Å². The predicted molar refractivity (Wildman–Crippen MR) is 94.8 cm³/mol. The average Bonchev–Trinajstić information content (AvgIpc) is 3.16. The fraction of sp³-hybridized carbons (Fsp3) is 0.500. The minimum atomic E-state index is -0.808.